The summed E-state index contributed by atoms with van der Waals surface area (Å²) >= 11 is 0. The standard InChI is InChI=1S/C18H26N4O3/c23-17(20-8-13-4-6-25-7-5-13)16-11-21(18(24)14-2-1-3-14)10-15-9-19-12-22(15)16/h9,12-14,16H,1-8,10-11H2,(H,20,23)/t16-/m0/s1. The minimum absolute atomic E-state index is 0.0168. The second kappa shape index (κ2) is 7.15. The molecular formula is C18H26N4O3. The Hall–Kier alpha value is -1.89. The molecule has 0 spiro atoms. The molecule has 2 amide bonds. The third kappa shape index (κ3) is 3.42. The fraction of sp³-hybridized carbons (Fsp3) is 0.722. The van der Waals surface area contributed by atoms with Crippen molar-refractivity contribution in [3.63, 3.8) is 0 Å². The Bertz CT molecular complexity index is 634. The highest BCUT2D eigenvalue weighted by molar-refractivity contribution is 5.84. The molecule has 136 valence electrons. The predicted octanol–water partition coefficient (Wildman–Crippen LogP) is 1.11. The van der Waals surface area contributed by atoms with Gasteiger partial charge in [0, 0.05) is 31.9 Å². The van der Waals surface area contributed by atoms with Crippen molar-refractivity contribution in [1.29, 1.82) is 0 Å². The smallest absolute Gasteiger partial charge is 0.244 e. The number of hydrogen-bond donors (Lipinski definition) is 1. The van der Waals surface area contributed by atoms with Crippen LogP contribution in [0.4, 0.5) is 0 Å². The molecule has 1 aliphatic carbocycles. The van der Waals surface area contributed by atoms with Crippen LogP contribution < -0.4 is 5.32 Å². The van der Waals surface area contributed by atoms with Gasteiger partial charge in [-0.3, -0.25) is 9.59 Å². The van der Waals surface area contributed by atoms with Gasteiger partial charge in [0.1, 0.15) is 6.04 Å². The molecule has 0 unspecified atom stereocenters. The van der Waals surface area contributed by atoms with Gasteiger partial charge in [-0.15, -0.1) is 0 Å². The normalized spacial score (nSPS) is 24.5. The van der Waals surface area contributed by atoms with Crippen LogP contribution in [0.1, 0.15) is 43.8 Å². The van der Waals surface area contributed by atoms with E-state index in [1.54, 1.807) is 12.5 Å². The second-order valence-electron chi connectivity index (χ2n) is 7.46. The molecule has 0 aromatic carbocycles. The first-order chi connectivity index (χ1) is 12.2. The number of rotatable bonds is 4. The number of carbonyl (C=O) groups excluding carboxylic acids is 2. The highest BCUT2D eigenvalue weighted by Gasteiger charge is 2.36. The van der Waals surface area contributed by atoms with E-state index in [0.717, 1.165) is 51.0 Å². The summed E-state index contributed by atoms with van der Waals surface area (Å²) in [5.74, 6) is 0.814. The molecule has 7 heteroatoms. The van der Waals surface area contributed by atoms with Gasteiger partial charge in [-0.2, -0.15) is 0 Å². The van der Waals surface area contributed by atoms with Crippen molar-refractivity contribution in [2.24, 2.45) is 11.8 Å². The topological polar surface area (TPSA) is 76.5 Å². The van der Waals surface area contributed by atoms with Crippen molar-refractivity contribution in [2.45, 2.75) is 44.7 Å². The molecule has 25 heavy (non-hydrogen) atoms. The van der Waals surface area contributed by atoms with E-state index in [9.17, 15) is 9.59 Å². The molecule has 0 bridgehead atoms. The minimum Gasteiger partial charge on any atom is -0.381 e. The van der Waals surface area contributed by atoms with Crippen molar-refractivity contribution in [2.75, 3.05) is 26.3 Å². The van der Waals surface area contributed by atoms with Crippen LogP contribution in [0.2, 0.25) is 0 Å². The van der Waals surface area contributed by atoms with Crippen LogP contribution in [0.3, 0.4) is 0 Å². The van der Waals surface area contributed by atoms with Crippen LogP contribution in [0.5, 0.6) is 0 Å². The van der Waals surface area contributed by atoms with Crippen LogP contribution in [-0.2, 0) is 20.9 Å². The van der Waals surface area contributed by atoms with Crippen LogP contribution in [-0.4, -0.2) is 52.6 Å². The number of aromatic nitrogens is 2. The fourth-order valence-corrected chi connectivity index (χ4v) is 3.90. The molecule has 1 N–H and O–H groups in total. The van der Waals surface area contributed by atoms with Crippen LogP contribution in [0.25, 0.3) is 0 Å². The number of ether oxygens (including phenoxy) is 1. The number of nitrogens with zero attached hydrogens (tertiary/aromatic N) is 3. The van der Waals surface area contributed by atoms with Crippen molar-refractivity contribution < 1.29 is 14.3 Å². The third-order valence-corrected chi connectivity index (χ3v) is 5.80. The Morgan fingerprint density at radius 2 is 2.04 bits per heavy atom. The van der Waals surface area contributed by atoms with Crippen molar-refractivity contribution in [1.82, 2.24) is 19.8 Å². The lowest BCUT2D eigenvalue weighted by atomic mass is 9.84. The second-order valence-corrected chi connectivity index (χ2v) is 7.46. The monoisotopic (exact) mass is 346 g/mol. The highest BCUT2D eigenvalue weighted by atomic mass is 16.5. The highest BCUT2D eigenvalue weighted by Crippen LogP contribution is 2.31. The Labute approximate surface area is 147 Å². The summed E-state index contributed by atoms with van der Waals surface area (Å²) in [6, 6.07) is -0.380. The van der Waals surface area contributed by atoms with Crippen molar-refractivity contribution in [3.8, 4) is 0 Å². The van der Waals surface area contributed by atoms with Gasteiger partial charge < -0.3 is 19.5 Å². The molecule has 1 saturated heterocycles. The predicted molar refractivity (Wildman–Crippen MR) is 90.6 cm³/mol. The zero-order valence-corrected chi connectivity index (χ0v) is 14.5. The molecule has 1 aromatic heterocycles. The number of nitrogens with one attached hydrogen (secondary N) is 1. The van der Waals surface area contributed by atoms with E-state index in [1.165, 1.54) is 0 Å². The fourth-order valence-electron chi connectivity index (χ4n) is 3.90. The van der Waals surface area contributed by atoms with Gasteiger partial charge in [-0.05, 0) is 31.6 Å². The van der Waals surface area contributed by atoms with E-state index in [4.69, 9.17) is 4.74 Å². The summed E-state index contributed by atoms with van der Waals surface area (Å²) < 4.78 is 7.29. The molecule has 7 nitrogen and oxygen atoms in total. The molecular weight excluding hydrogens is 320 g/mol. The summed E-state index contributed by atoms with van der Waals surface area (Å²) in [6.45, 7) is 3.23. The van der Waals surface area contributed by atoms with Gasteiger partial charge in [-0.25, -0.2) is 4.98 Å². The first-order valence-corrected chi connectivity index (χ1v) is 9.37. The summed E-state index contributed by atoms with van der Waals surface area (Å²) in [5.41, 5.74) is 0.935. The number of hydrogen-bond acceptors (Lipinski definition) is 4. The van der Waals surface area contributed by atoms with E-state index < -0.39 is 0 Å². The van der Waals surface area contributed by atoms with Gasteiger partial charge in [0.2, 0.25) is 11.8 Å². The lowest BCUT2D eigenvalue weighted by Crippen LogP contribution is -2.49. The zero-order valence-electron chi connectivity index (χ0n) is 14.5. The summed E-state index contributed by atoms with van der Waals surface area (Å²) in [6.07, 6.45) is 8.56. The maximum atomic E-state index is 12.8. The minimum atomic E-state index is -0.380. The van der Waals surface area contributed by atoms with E-state index in [2.05, 4.69) is 10.3 Å². The van der Waals surface area contributed by atoms with E-state index in [1.807, 2.05) is 9.47 Å². The average molecular weight is 346 g/mol. The SMILES string of the molecule is O=C(NCC1CCOCC1)[C@@H]1CN(C(=O)C2CCC2)Cc2cncn21. The first kappa shape index (κ1) is 16.6. The van der Waals surface area contributed by atoms with Gasteiger partial charge in [-0.1, -0.05) is 6.42 Å². The largest absolute Gasteiger partial charge is 0.381 e. The quantitative estimate of drug-likeness (QED) is 0.886. The first-order valence-electron chi connectivity index (χ1n) is 9.37. The maximum absolute atomic E-state index is 12.8. The molecule has 1 atom stereocenters. The van der Waals surface area contributed by atoms with Gasteiger partial charge in [0.25, 0.3) is 0 Å². The van der Waals surface area contributed by atoms with Gasteiger partial charge >= 0.3 is 0 Å². The molecule has 4 rings (SSSR count). The molecule has 2 fully saturated rings. The van der Waals surface area contributed by atoms with E-state index in [0.29, 0.717) is 25.6 Å². The molecule has 1 aromatic rings. The number of imidazole rings is 1. The Kier molecular flexibility index (Phi) is 4.74. The number of amides is 2. The summed E-state index contributed by atoms with van der Waals surface area (Å²) in [7, 11) is 0. The Morgan fingerprint density at radius 1 is 1.24 bits per heavy atom. The Morgan fingerprint density at radius 3 is 2.76 bits per heavy atom. The number of fused-ring (bicyclic) bond motifs is 1. The van der Waals surface area contributed by atoms with Crippen molar-refractivity contribution in [3.05, 3.63) is 18.2 Å². The van der Waals surface area contributed by atoms with E-state index >= 15 is 0 Å². The van der Waals surface area contributed by atoms with Crippen molar-refractivity contribution >= 4 is 11.8 Å². The average Bonchev–Trinajstić information content (AvgIpc) is 3.06. The zero-order chi connectivity index (χ0) is 17.2. The Balaban J connectivity index is 1.42. The van der Waals surface area contributed by atoms with Crippen LogP contribution >= 0.6 is 0 Å². The van der Waals surface area contributed by atoms with Crippen LogP contribution in [0.15, 0.2) is 12.5 Å². The summed E-state index contributed by atoms with van der Waals surface area (Å²) in [5, 5.41) is 3.09. The lowest BCUT2D eigenvalue weighted by Gasteiger charge is -2.37. The van der Waals surface area contributed by atoms with Gasteiger partial charge in [0.05, 0.1) is 25.1 Å². The molecule has 2 aliphatic heterocycles. The number of carbonyl (C=O) groups is 2. The third-order valence-electron chi connectivity index (χ3n) is 5.80. The lowest BCUT2D eigenvalue weighted by molar-refractivity contribution is -0.141. The summed E-state index contributed by atoms with van der Waals surface area (Å²) in [4.78, 5) is 31.5. The molecule has 0 radical (unpaired) electrons. The molecule has 1 saturated carbocycles. The van der Waals surface area contributed by atoms with Crippen LogP contribution in [0, 0.1) is 11.8 Å². The maximum Gasteiger partial charge on any atom is 0.244 e. The van der Waals surface area contributed by atoms with E-state index in [-0.39, 0.29) is 23.8 Å². The van der Waals surface area contributed by atoms with Gasteiger partial charge in [0.15, 0.2) is 0 Å². The molecule has 3 heterocycles. The molecule has 3 aliphatic rings.